The zero-order valence-electron chi connectivity index (χ0n) is 55.0. The molecule has 24 unspecified atom stereocenters. The number of ketones is 2. The van der Waals surface area contributed by atoms with Crippen molar-refractivity contribution in [3.63, 3.8) is 0 Å². The first kappa shape index (κ1) is 65.1. The molecule has 16 bridgehead atoms. The number of hydrogen-bond acceptors (Lipinski definition) is 17. The topological polar surface area (TPSA) is 220 Å². The molecule has 0 N–H and O–H groups in total. The highest BCUT2D eigenvalue weighted by molar-refractivity contribution is 5.89. The van der Waals surface area contributed by atoms with E-state index < -0.39 is 10.8 Å². The molecule has 0 radical (unpaired) electrons. The van der Waals surface area contributed by atoms with Crippen LogP contribution in [-0.4, -0.2) is 105 Å². The first-order chi connectivity index (χ1) is 42.5. The minimum Gasteiger partial charge on any atom is -0.462 e. The first-order valence-corrected chi connectivity index (χ1v) is 35.5. The van der Waals surface area contributed by atoms with E-state index in [0.717, 1.165) is 134 Å². The molecule has 0 saturated heterocycles. The van der Waals surface area contributed by atoms with Crippen molar-refractivity contribution in [3.05, 3.63) is 0 Å². The van der Waals surface area contributed by atoms with Gasteiger partial charge in [0.1, 0.15) is 29.9 Å². The van der Waals surface area contributed by atoms with E-state index in [9.17, 15) is 38.4 Å². The monoisotopic (exact) mass is 1240 g/mol. The summed E-state index contributed by atoms with van der Waals surface area (Å²) in [5.74, 6) is 6.68. The van der Waals surface area contributed by atoms with Gasteiger partial charge in [-0.25, -0.2) is 0 Å². The summed E-state index contributed by atoms with van der Waals surface area (Å²) in [6.07, 6.45) is 20.8. The van der Waals surface area contributed by atoms with E-state index in [0.29, 0.717) is 89.9 Å². The summed E-state index contributed by atoms with van der Waals surface area (Å²) in [4.78, 5) is 101. The Morgan fingerprint density at radius 2 is 1.02 bits per heavy atom. The Kier molecular flexibility index (Phi) is 19.1. The fourth-order valence-corrected chi connectivity index (χ4v) is 21.6. The molecule has 16 fully saturated rings. The van der Waals surface area contributed by atoms with Crippen LogP contribution in [0.15, 0.2) is 0 Å². The number of hydrogen-bond donors (Lipinski definition) is 0. The molecule has 0 aromatic rings. The van der Waals surface area contributed by atoms with Crippen LogP contribution in [-0.2, 0) is 81.0 Å². The van der Waals surface area contributed by atoms with Crippen LogP contribution in [0.4, 0.5) is 0 Å². The molecular formula is C72H106O17. The molecule has 0 heterocycles. The Morgan fingerprint density at radius 1 is 0.494 bits per heavy atom. The van der Waals surface area contributed by atoms with E-state index in [1.165, 1.54) is 12.8 Å². The SMILES string of the molecule is CCC(C)(C)C(=O)OC1CC2CC(C(=O)OCOCC34CC5CC(CC(C5)C3=O)C4)C1C2.CCC(C)C(=O)OC1CC2CC(C(=O)OCOC3C4CC5CC(C4)C(=O)C3C5)C1C2.CCOCOC(=O)C1CC2CC1C1C3CC(CC3OC(=O)C(C)(C)CC)C21. The zero-order valence-corrected chi connectivity index (χ0v) is 55.0. The highest BCUT2D eigenvalue weighted by Crippen LogP contribution is 2.69. The van der Waals surface area contributed by atoms with Crippen LogP contribution in [0.5, 0.6) is 0 Å². The molecule has 0 aromatic heterocycles. The first-order valence-electron chi connectivity index (χ1n) is 35.5. The van der Waals surface area contributed by atoms with Gasteiger partial charge in [0.15, 0.2) is 20.4 Å². The van der Waals surface area contributed by atoms with Crippen LogP contribution in [0.3, 0.4) is 0 Å². The van der Waals surface area contributed by atoms with E-state index in [1.54, 1.807) is 0 Å². The van der Waals surface area contributed by atoms with Gasteiger partial charge < -0.3 is 42.6 Å². The van der Waals surface area contributed by atoms with Crippen LogP contribution in [0.1, 0.15) is 204 Å². The summed E-state index contributed by atoms with van der Waals surface area (Å²) in [5.41, 5.74) is -1.25. The second-order valence-electron chi connectivity index (χ2n) is 32.6. The third-order valence-corrected chi connectivity index (χ3v) is 26.7. The normalized spacial score (nSPS) is 42.6. The number of fused-ring (bicyclic) bond motifs is 13. The van der Waals surface area contributed by atoms with Gasteiger partial charge in [0.05, 0.1) is 52.6 Å². The van der Waals surface area contributed by atoms with Crippen LogP contribution >= 0.6 is 0 Å². The van der Waals surface area contributed by atoms with Gasteiger partial charge in [0.25, 0.3) is 0 Å². The third kappa shape index (κ3) is 12.7. The molecule has 16 rings (SSSR count). The van der Waals surface area contributed by atoms with Crippen LogP contribution in [0.25, 0.3) is 0 Å². The second kappa shape index (κ2) is 26.1. The third-order valence-electron chi connectivity index (χ3n) is 26.7. The van der Waals surface area contributed by atoms with E-state index >= 15 is 0 Å². The van der Waals surface area contributed by atoms with E-state index in [2.05, 4.69) is 0 Å². The van der Waals surface area contributed by atoms with Gasteiger partial charge >= 0.3 is 35.8 Å². The van der Waals surface area contributed by atoms with Crippen molar-refractivity contribution in [3.8, 4) is 0 Å². The van der Waals surface area contributed by atoms with Crippen molar-refractivity contribution >= 4 is 47.4 Å². The lowest BCUT2D eigenvalue weighted by molar-refractivity contribution is -0.193. The highest BCUT2D eigenvalue weighted by Gasteiger charge is 2.67. The van der Waals surface area contributed by atoms with E-state index in [1.807, 2.05) is 62.3 Å². The standard InChI is InChI=1S/C26H38O6.C24H34O6.C22H34O5/c1-4-25(2,3)24(29)32-21-10-15-8-19(21)20(9-15)23(28)31-14-30-13-26-11-16-5-17(12-26)7-18(6-16)22(26)27;1-3-12(2)23(26)30-20-9-14-6-17(20)18(7-14)24(27)29-11-28-22-16-5-13-4-15(10-16)21(25)19(22)8-13;1-5-22(3,4)21(24)27-17-10-13-9-16(17)19-14-7-12(18(13)19)8-15(14)20(23)26-11-25-6-2/h15-21H,4-14H2,1-3H3;12-20,22H,3-11H2,1-2H3;12-19H,5-11H2,1-4H3. The molecule has 0 aromatic carbocycles. The van der Waals surface area contributed by atoms with Crippen molar-refractivity contribution < 1.29 is 81.0 Å². The Balaban J connectivity index is 0.000000130. The number of Topliss-reactive ketones (excluding diaryl/α,β-unsaturated/α-hetero) is 2. The molecule has 17 nitrogen and oxygen atoms in total. The summed E-state index contributed by atoms with van der Waals surface area (Å²) < 4.78 is 51.0. The second-order valence-corrected chi connectivity index (χ2v) is 32.6. The summed E-state index contributed by atoms with van der Waals surface area (Å²) in [5, 5.41) is 0. The molecule has 0 spiro atoms. The van der Waals surface area contributed by atoms with E-state index in [-0.39, 0.29) is 139 Å². The van der Waals surface area contributed by atoms with Crippen LogP contribution in [0, 0.1) is 141 Å². The number of esters is 6. The van der Waals surface area contributed by atoms with Crippen molar-refractivity contribution in [2.75, 3.05) is 33.6 Å². The Bertz CT molecular complexity index is 2650. The largest absolute Gasteiger partial charge is 0.462 e. The molecular weight excluding hydrogens is 1140 g/mol. The molecule has 89 heavy (non-hydrogen) atoms. The smallest absolute Gasteiger partial charge is 0.311 e. The molecule has 17 heteroatoms. The van der Waals surface area contributed by atoms with Crippen molar-refractivity contribution in [1.82, 2.24) is 0 Å². The summed E-state index contributed by atoms with van der Waals surface area (Å²) >= 11 is 0. The molecule has 24 atom stereocenters. The van der Waals surface area contributed by atoms with Crippen molar-refractivity contribution in [2.24, 2.45) is 141 Å². The maximum absolute atomic E-state index is 12.9. The minimum absolute atomic E-state index is 0.00629. The lowest BCUT2D eigenvalue weighted by Gasteiger charge is -2.55. The predicted octanol–water partition coefficient (Wildman–Crippen LogP) is 11.6. The van der Waals surface area contributed by atoms with Crippen LogP contribution in [0.2, 0.25) is 0 Å². The maximum Gasteiger partial charge on any atom is 0.311 e. The lowest BCUT2D eigenvalue weighted by Crippen LogP contribution is -2.55. The molecule has 0 amide bonds. The van der Waals surface area contributed by atoms with Gasteiger partial charge in [-0.2, -0.15) is 0 Å². The molecule has 0 aliphatic heterocycles. The maximum atomic E-state index is 12.9. The van der Waals surface area contributed by atoms with Crippen molar-refractivity contribution in [1.29, 1.82) is 0 Å². The molecule has 16 saturated carbocycles. The van der Waals surface area contributed by atoms with Crippen LogP contribution < -0.4 is 0 Å². The minimum atomic E-state index is -0.500. The average molecular weight is 1240 g/mol. The zero-order chi connectivity index (χ0) is 63.0. The fraction of sp³-hybridized carbons (Fsp3) is 0.889. The summed E-state index contributed by atoms with van der Waals surface area (Å²) in [6.45, 7) is 18.4. The Morgan fingerprint density at radius 3 is 1.61 bits per heavy atom. The van der Waals surface area contributed by atoms with Gasteiger partial charge in [0.2, 0.25) is 0 Å². The fourth-order valence-electron chi connectivity index (χ4n) is 21.6. The summed E-state index contributed by atoms with van der Waals surface area (Å²) in [7, 11) is 0. The number of ether oxygens (including phenoxy) is 9. The highest BCUT2D eigenvalue weighted by atomic mass is 16.7. The van der Waals surface area contributed by atoms with Gasteiger partial charge in [-0.15, -0.1) is 0 Å². The quantitative estimate of drug-likeness (QED) is 0.0323. The van der Waals surface area contributed by atoms with E-state index in [4.69, 9.17) is 42.6 Å². The summed E-state index contributed by atoms with van der Waals surface area (Å²) in [6, 6.07) is 0. The van der Waals surface area contributed by atoms with Gasteiger partial charge in [0, 0.05) is 36.2 Å². The number of rotatable bonds is 22. The van der Waals surface area contributed by atoms with Crippen molar-refractivity contribution in [2.45, 2.75) is 228 Å². The van der Waals surface area contributed by atoms with Gasteiger partial charge in [-0.05, 0) is 247 Å². The molecule has 16 aliphatic carbocycles. The Hall–Kier alpha value is -3.96. The Labute approximate surface area is 528 Å². The average Bonchev–Trinajstić information content (AvgIpc) is 1.61. The molecule has 496 valence electrons. The number of carbonyl (C=O) groups is 8. The molecule has 16 aliphatic rings. The van der Waals surface area contributed by atoms with Gasteiger partial charge in [-0.3, -0.25) is 38.4 Å². The van der Waals surface area contributed by atoms with Gasteiger partial charge in [-0.1, -0.05) is 27.7 Å². The predicted molar refractivity (Wildman–Crippen MR) is 323 cm³/mol. The lowest BCUT2D eigenvalue weighted by atomic mass is 9.49. The number of carbonyl (C=O) groups excluding carboxylic acids is 8.